The van der Waals surface area contributed by atoms with Crippen LogP contribution >= 0.6 is 0 Å². The molecule has 4 heteroatoms. The Balaban J connectivity index is 1.34. The monoisotopic (exact) mass is 406 g/mol. The Morgan fingerprint density at radius 3 is 2.14 bits per heavy atom. The van der Waals surface area contributed by atoms with E-state index in [1.54, 1.807) is 0 Å². The van der Waals surface area contributed by atoms with E-state index >= 15 is 0 Å². The average molecular weight is 407 g/mol. The van der Waals surface area contributed by atoms with Crippen LogP contribution in [0.25, 0.3) is 0 Å². The summed E-state index contributed by atoms with van der Waals surface area (Å²) in [5.74, 6) is 2.60. The standard InChI is InChI=1S/C25H46N2O2/c1-18-7-13-22(14-8-18)26-23(28)20-11-9-19(10-12-20)16-29-17-21-15-24(2,3)27(6)25(21,4)5/h18-22H,7-17H2,1-6H3,(H,26,28). The average Bonchev–Trinajstić information content (AvgIpc) is 2.83. The molecule has 1 atom stereocenters. The number of carbonyl (C=O) groups excluding carboxylic acids is 1. The molecule has 3 aliphatic rings. The van der Waals surface area contributed by atoms with Crippen molar-refractivity contribution in [2.45, 2.75) is 110 Å². The van der Waals surface area contributed by atoms with Crippen molar-refractivity contribution < 1.29 is 9.53 Å². The molecule has 1 unspecified atom stereocenters. The van der Waals surface area contributed by atoms with E-state index in [1.165, 1.54) is 32.1 Å². The molecule has 168 valence electrons. The van der Waals surface area contributed by atoms with E-state index in [1.807, 2.05) is 0 Å². The molecular formula is C25H46N2O2. The molecule has 0 aromatic rings. The molecule has 0 bridgehead atoms. The van der Waals surface area contributed by atoms with Crippen molar-refractivity contribution in [3.63, 3.8) is 0 Å². The largest absolute Gasteiger partial charge is 0.381 e. The first-order valence-electron chi connectivity index (χ1n) is 12.2. The van der Waals surface area contributed by atoms with Gasteiger partial charge in [-0.05, 0) is 104 Å². The SMILES string of the molecule is CC1CCC(NC(=O)C2CCC(COCC3CC(C)(C)N(C)C3(C)C)CC2)CC1. The van der Waals surface area contributed by atoms with Crippen molar-refractivity contribution in [2.75, 3.05) is 20.3 Å². The van der Waals surface area contributed by atoms with E-state index in [2.05, 4.69) is 51.9 Å². The van der Waals surface area contributed by atoms with Crippen LogP contribution in [0, 0.1) is 23.7 Å². The van der Waals surface area contributed by atoms with E-state index < -0.39 is 0 Å². The van der Waals surface area contributed by atoms with Crippen molar-refractivity contribution in [3.05, 3.63) is 0 Å². The van der Waals surface area contributed by atoms with Gasteiger partial charge in [-0.25, -0.2) is 0 Å². The molecule has 1 N–H and O–H groups in total. The zero-order valence-corrected chi connectivity index (χ0v) is 19.9. The fourth-order valence-corrected chi connectivity index (χ4v) is 6.00. The number of nitrogens with zero attached hydrogens (tertiary/aromatic N) is 1. The van der Waals surface area contributed by atoms with Gasteiger partial charge in [0.2, 0.25) is 5.91 Å². The molecule has 0 aromatic heterocycles. The van der Waals surface area contributed by atoms with Crippen molar-refractivity contribution in [1.82, 2.24) is 10.2 Å². The summed E-state index contributed by atoms with van der Waals surface area (Å²) < 4.78 is 6.23. The maximum Gasteiger partial charge on any atom is 0.223 e. The van der Waals surface area contributed by atoms with Gasteiger partial charge in [-0.1, -0.05) is 6.92 Å². The van der Waals surface area contributed by atoms with Crippen LogP contribution in [0.15, 0.2) is 0 Å². The Morgan fingerprint density at radius 2 is 1.59 bits per heavy atom. The highest BCUT2D eigenvalue weighted by Gasteiger charge is 2.49. The highest BCUT2D eigenvalue weighted by atomic mass is 16.5. The lowest BCUT2D eigenvalue weighted by molar-refractivity contribution is -0.127. The lowest BCUT2D eigenvalue weighted by Gasteiger charge is -2.38. The summed E-state index contributed by atoms with van der Waals surface area (Å²) in [4.78, 5) is 15.2. The number of carbonyl (C=O) groups is 1. The third-order valence-corrected chi connectivity index (χ3v) is 8.77. The second-order valence-corrected chi connectivity index (χ2v) is 11.6. The Bertz CT molecular complexity index is 543. The van der Waals surface area contributed by atoms with E-state index in [0.717, 1.165) is 44.8 Å². The molecule has 3 rings (SSSR count). The zero-order chi connectivity index (χ0) is 21.2. The van der Waals surface area contributed by atoms with Gasteiger partial charge in [0, 0.05) is 35.6 Å². The predicted molar refractivity (Wildman–Crippen MR) is 120 cm³/mol. The number of likely N-dealkylation sites (tertiary alicyclic amines) is 1. The zero-order valence-electron chi connectivity index (χ0n) is 19.9. The Labute approximate surface area is 179 Å². The van der Waals surface area contributed by atoms with Crippen LogP contribution in [0.5, 0.6) is 0 Å². The van der Waals surface area contributed by atoms with E-state index in [0.29, 0.717) is 23.8 Å². The molecular weight excluding hydrogens is 360 g/mol. The van der Waals surface area contributed by atoms with Crippen molar-refractivity contribution >= 4 is 5.91 Å². The molecule has 1 saturated heterocycles. The predicted octanol–water partition coefficient (Wildman–Crippen LogP) is 5.01. The maximum absolute atomic E-state index is 12.7. The summed E-state index contributed by atoms with van der Waals surface area (Å²) in [6.07, 6.45) is 10.4. The lowest BCUT2D eigenvalue weighted by atomic mass is 9.81. The van der Waals surface area contributed by atoms with Crippen LogP contribution in [-0.2, 0) is 9.53 Å². The van der Waals surface area contributed by atoms with Crippen LogP contribution < -0.4 is 5.32 Å². The highest BCUT2D eigenvalue weighted by Crippen LogP contribution is 2.43. The van der Waals surface area contributed by atoms with Gasteiger partial charge >= 0.3 is 0 Å². The molecule has 0 spiro atoms. The summed E-state index contributed by atoms with van der Waals surface area (Å²) in [6, 6.07) is 0.428. The van der Waals surface area contributed by atoms with E-state index in [4.69, 9.17) is 4.74 Å². The van der Waals surface area contributed by atoms with Crippen LogP contribution in [0.2, 0.25) is 0 Å². The molecule has 2 aliphatic carbocycles. The molecule has 0 radical (unpaired) electrons. The number of hydrogen-bond acceptors (Lipinski definition) is 3. The molecule has 1 amide bonds. The highest BCUT2D eigenvalue weighted by molar-refractivity contribution is 5.79. The minimum atomic E-state index is 0.191. The second-order valence-electron chi connectivity index (χ2n) is 11.6. The quantitative estimate of drug-likeness (QED) is 0.674. The van der Waals surface area contributed by atoms with Gasteiger partial charge in [0.1, 0.15) is 0 Å². The summed E-state index contributed by atoms with van der Waals surface area (Å²) >= 11 is 0. The number of amides is 1. The van der Waals surface area contributed by atoms with Crippen molar-refractivity contribution in [1.29, 1.82) is 0 Å². The number of nitrogens with one attached hydrogen (secondary N) is 1. The maximum atomic E-state index is 12.7. The lowest BCUT2D eigenvalue weighted by Crippen LogP contribution is -2.47. The van der Waals surface area contributed by atoms with E-state index in [9.17, 15) is 4.79 Å². The minimum Gasteiger partial charge on any atom is -0.381 e. The third-order valence-electron chi connectivity index (χ3n) is 8.77. The van der Waals surface area contributed by atoms with Crippen LogP contribution in [0.4, 0.5) is 0 Å². The number of hydrogen-bond donors (Lipinski definition) is 1. The summed E-state index contributed by atoms with van der Waals surface area (Å²) in [5.41, 5.74) is 0.440. The van der Waals surface area contributed by atoms with Gasteiger partial charge in [-0.3, -0.25) is 9.69 Å². The van der Waals surface area contributed by atoms with Crippen LogP contribution in [-0.4, -0.2) is 48.2 Å². The fraction of sp³-hybridized carbons (Fsp3) is 0.960. The van der Waals surface area contributed by atoms with Crippen LogP contribution in [0.3, 0.4) is 0 Å². The Kier molecular flexibility index (Phi) is 7.36. The van der Waals surface area contributed by atoms with Gasteiger partial charge < -0.3 is 10.1 Å². The second kappa shape index (κ2) is 9.26. The molecule has 1 aliphatic heterocycles. The minimum absolute atomic E-state index is 0.191. The van der Waals surface area contributed by atoms with Gasteiger partial charge in [-0.15, -0.1) is 0 Å². The van der Waals surface area contributed by atoms with Gasteiger partial charge in [0.05, 0.1) is 6.61 Å². The Morgan fingerprint density at radius 1 is 0.966 bits per heavy atom. The topological polar surface area (TPSA) is 41.6 Å². The first kappa shape index (κ1) is 23.1. The molecule has 0 aromatic carbocycles. The number of ether oxygens (including phenoxy) is 1. The van der Waals surface area contributed by atoms with Gasteiger partial charge in [0.15, 0.2) is 0 Å². The number of rotatable bonds is 6. The molecule has 29 heavy (non-hydrogen) atoms. The molecule has 3 fully saturated rings. The first-order valence-corrected chi connectivity index (χ1v) is 12.2. The van der Waals surface area contributed by atoms with Crippen LogP contribution in [0.1, 0.15) is 92.4 Å². The summed E-state index contributed by atoms with van der Waals surface area (Å²) in [7, 11) is 2.25. The molecule has 2 saturated carbocycles. The smallest absolute Gasteiger partial charge is 0.223 e. The van der Waals surface area contributed by atoms with Crippen molar-refractivity contribution in [2.24, 2.45) is 23.7 Å². The Hall–Kier alpha value is -0.610. The normalized spacial score (nSPS) is 37.4. The summed E-state index contributed by atoms with van der Waals surface area (Å²) in [5, 5.41) is 3.35. The van der Waals surface area contributed by atoms with Gasteiger partial charge in [-0.2, -0.15) is 0 Å². The fourth-order valence-electron chi connectivity index (χ4n) is 6.00. The summed E-state index contributed by atoms with van der Waals surface area (Å²) in [6.45, 7) is 13.4. The van der Waals surface area contributed by atoms with Gasteiger partial charge in [0.25, 0.3) is 0 Å². The molecule has 1 heterocycles. The molecule has 4 nitrogen and oxygen atoms in total. The first-order chi connectivity index (χ1) is 13.6. The van der Waals surface area contributed by atoms with E-state index in [-0.39, 0.29) is 17.0 Å². The van der Waals surface area contributed by atoms with Crippen molar-refractivity contribution in [3.8, 4) is 0 Å². The third kappa shape index (κ3) is 5.55.